The zero-order valence-corrected chi connectivity index (χ0v) is 18.9. The third-order valence-electron chi connectivity index (χ3n) is 6.03. The minimum Gasteiger partial charge on any atom is -0.497 e. The number of methoxy groups -OCH3 is 2. The van der Waals surface area contributed by atoms with E-state index in [1.807, 2.05) is 48.2 Å². The molecule has 4 rings (SSSR count). The van der Waals surface area contributed by atoms with Crippen molar-refractivity contribution in [1.82, 2.24) is 4.90 Å². The van der Waals surface area contributed by atoms with Crippen molar-refractivity contribution >= 4 is 28.9 Å². The van der Waals surface area contributed by atoms with Gasteiger partial charge in [0.15, 0.2) is 0 Å². The Balaban J connectivity index is 1.56. The van der Waals surface area contributed by atoms with Crippen molar-refractivity contribution in [3.8, 4) is 5.75 Å². The number of anilines is 3. The molecule has 0 bridgehead atoms. The summed E-state index contributed by atoms with van der Waals surface area (Å²) in [6.07, 6.45) is 1.75. The quantitative estimate of drug-likeness (QED) is 0.617. The fourth-order valence-corrected chi connectivity index (χ4v) is 4.33. The number of benzene rings is 2. The van der Waals surface area contributed by atoms with E-state index in [9.17, 15) is 4.79 Å². The molecule has 1 saturated heterocycles. The van der Waals surface area contributed by atoms with E-state index in [1.165, 1.54) is 0 Å². The van der Waals surface area contributed by atoms with E-state index in [0.29, 0.717) is 26.2 Å². The van der Waals surface area contributed by atoms with Crippen molar-refractivity contribution < 1.29 is 14.3 Å². The minimum atomic E-state index is -0.466. The molecule has 8 nitrogen and oxygen atoms in total. The summed E-state index contributed by atoms with van der Waals surface area (Å²) in [5.41, 5.74) is 3.28. The molecule has 0 saturated carbocycles. The average Bonchev–Trinajstić information content (AvgIpc) is 2.81. The molecular weight excluding hydrogens is 406 g/mol. The van der Waals surface area contributed by atoms with Crippen LogP contribution >= 0.6 is 0 Å². The van der Waals surface area contributed by atoms with Crippen LogP contribution < -0.4 is 20.7 Å². The van der Waals surface area contributed by atoms with Gasteiger partial charge in [-0.15, -0.1) is 0 Å². The first-order valence-electron chi connectivity index (χ1n) is 10.9. The Morgan fingerprint density at radius 3 is 2.78 bits per heavy atom. The van der Waals surface area contributed by atoms with Crippen LogP contribution in [0.25, 0.3) is 0 Å². The molecule has 1 spiro atoms. The number of nitrogens with one attached hydrogen (secondary N) is 3. The summed E-state index contributed by atoms with van der Waals surface area (Å²) in [4.78, 5) is 19.9. The number of ether oxygens (including phenoxy) is 2. The van der Waals surface area contributed by atoms with E-state index in [2.05, 4.69) is 22.0 Å². The maximum absolute atomic E-state index is 13.2. The molecule has 2 heterocycles. The molecule has 0 aliphatic carbocycles. The number of likely N-dealkylation sites (tertiary alicyclic amines) is 1. The summed E-state index contributed by atoms with van der Waals surface area (Å²) in [5.74, 6) is 1.62. The molecule has 1 fully saturated rings. The van der Waals surface area contributed by atoms with Crippen LogP contribution in [-0.4, -0.2) is 62.8 Å². The van der Waals surface area contributed by atoms with Crippen molar-refractivity contribution in [2.45, 2.75) is 25.3 Å². The van der Waals surface area contributed by atoms with Crippen LogP contribution in [0.15, 0.2) is 47.5 Å². The number of rotatable bonds is 5. The Hall–Kier alpha value is -3.26. The predicted molar refractivity (Wildman–Crippen MR) is 128 cm³/mol. The van der Waals surface area contributed by atoms with E-state index in [4.69, 9.17) is 14.5 Å². The van der Waals surface area contributed by atoms with Crippen LogP contribution in [0.2, 0.25) is 0 Å². The summed E-state index contributed by atoms with van der Waals surface area (Å²) in [5, 5.41) is 10.3. The SMILES string of the molecule is COCCN=C1Nc2ccccc2N[C@]12CCCN(C(=O)Nc1ccc(OC)cc1C)C2. The largest absolute Gasteiger partial charge is 0.497 e. The number of nitrogens with zero attached hydrogens (tertiary/aromatic N) is 2. The molecule has 2 aliphatic heterocycles. The van der Waals surface area contributed by atoms with Gasteiger partial charge in [0.05, 0.1) is 38.2 Å². The lowest BCUT2D eigenvalue weighted by atomic mass is 9.85. The monoisotopic (exact) mass is 437 g/mol. The fourth-order valence-electron chi connectivity index (χ4n) is 4.33. The number of carbonyl (C=O) groups excluding carboxylic acids is 1. The summed E-state index contributed by atoms with van der Waals surface area (Å²) in [6.45, 7) is 4.27. The van der Waals surface area contributed by atoms with Gasteiger partial charge in [0.2, 0.25) is 0 Å². The topological polar surface area (TPSA) is 87.2 Å². The first kappa shape index (κ1) is 22.0. The third-order valence-corrected chi connectivity index (χ3v) is 6.03. The first-order chi connectivity index (χ1) is 15.5. The molecule has 2 amide bonds. The zero-order chi connectivity index (χ0) is 22.6. The van der Waals surface area contributed by atoms with Gasteiger partial charge in [-0.3, -0.25) is 4.99 Å². The van der Waals surface area contributed by atoms with Gasteiger partial charge >= 0.3 is 6.03 Å². The summed E-state index contributed by atoms with van der Waals surface area (Å²) < 4.78 is 10.5. The number of piperidine rings is 1. The molecule has 8 heteroatoms. The molecule has 0 unspecified atom stereocenters. The lowest BCUT2D eigenvalue weighted by molar-refractivity contribution is 0.186. The van der Waals surface area contributed by atoms with Gasteiger partial charge < -0.3 is 30.3 Å². The Morgan fingerprint density at radius 1 is 1.22 bits per heavy atom. The van der Waals surface area contributed by atoms with Gasteiger partial charge in [-0.1, -0.05) is 12.1 Å². The van der Waals surface area contributed by atoms with Crippen molar-refractivity contribution in [3.63, 3.8) is 0 Å². The number of fused-ring (bicyclic) bond motifs is 1. The van der Waals surface area contributed by atoms with Crippen LogP contribution in [0.3, 0.4) is 0 Å². The second-order valence-corrected chi connectivity index (χ2v) is 8.24. The highest BCUT2D eigenvalue weighted by molar-refractivity contribution is 6.10. The van der Waals surface area contributed by atoms with E-state index in [0.717, 1.165) is 47.1 Å². The number of para-hydroxylation sites is 2. The van der Waals surface area contributed by atoms with Crippen LogP contribution in [0.5, 0.6) is 5.75 Å². The van der Waals surface area contributed by atoms with E-state index in [1.54, 1.807) is 14.2 Å². The summed E-state index contributed by atoms with van der Waals surface area (Å²) in [7, 11) is 3.31. The maximum atomic E-state index is 13.2. The van der Waals surface area contributed by atoms with Crippen molar-refractivity contribution in [1.29, 1.82) is 0 Å². The maximum Gasteiger partial charge on any atom is 0.321 e. The highest BCUT2D eigenvalue weighted by atomic mass is 16.5. The minimum absolute atomic E-state index is 0.116. The Morgan fingerprint density at radius 2 is 2.03 bits per heavy atom. The van der Waals surface area contributed by atoms with Gasteiger partial charge in [-0.25, -0.2) is 4.79 Å². The predicted octanol–water partition coefficient (Wildman–Crippen LogP) is 3.95. The number of hydrogen-bond acceptors (Lipinski definition) is 5. The second-order valence-electron chi connectivity index (χ2n) is 8.24. The molecule has 170 valence electrons. The molecule has 0 aromatic heterocycles. The number of aliphatic imine (C=N–C) groups is 1. The van der Waals surface area contributed by atoms with Crippen LogP contribution in [0.1, 0.15) is 18.4 Å². The van der Waals surface area contributed by atoms with Gasteiger partial charge in [-0.2, -0.15) is 0 Å². The smallest absolute Gasteiger partial charge is 0.321 e. The van der Waals surface area contributed by atoms with Crippen LogP contribution in [0.4, 0.5) is 21.9 Å². The van der Waals surface area contributed by atoms with E-state index in [-0.39, 0.29) is 6.03 Å². The summed E-state index contributed by atoms with van der Waals surface area (Å²) in [6, 6.07) is 13.6. The number of amides is 2. The number of amidine groups is 1. The number of urea groups is 1. The van der Waals surface area contributed by atoms with Gasteiger partial charge in [0.25, 0.3) is 0 Å². The highest BCUT2D eigenvalue weighted by Gasteiger charge is 2.44. The lowest BCUT2D eigenvalue weighted by Crippen LogP contribution is -2.63. The van der Waals surface area contributed by atoms with Gasteiger partial charge in [0.1, 0.15) is 17.1 Å². The Bertz CT molecular complexity index is 1010. The van der Waals surface area contributed by atoms with Crippen LogP contribution in [-0.2, 0) is 4.74 Å². The molecule has 2 aliphatic rings. The molecule has 0 radical (unpaired) electrons. The molecule has 2 aromatic carbocycles. The van der Waals surface area contributed by atoms with E-state index >= 15 is 0 Å². The van der Waals surface area contributed by atoms with Crippen LogP contribution in [0, 0.1) is 6.92 Å². The zero-order valence-electron chi connectivity index (χ0n) is 18.9. The average molecular weight is 438 g/mol. The molecule has 2 aromatic rings. The molecular formula is C24H31N5O3. The molecule has 3 N–H and O–H groups in total. The molecule has 32 heavy (non-hydrogen) atoms. The second kappa shape index (κ2) is 9.48. The third kappa shape index (κ3) is 4.50. The normalized spacial score (nSPS) is 21.0. The fraction of sp³-hybridized carbons (Fsp3) is 0.417. The highest BCUT2D eigenvalue weighted by Crippen LogP contribution is 2.36. The standard InChI is InChI=1S/C24H31N5O3/c1-17-15-18(32-3)9-10-19(17)27-23(30)29-13-6-11-24(16-29)22(25-12-14-31-2)26-20-7-4-5-8-21(20)28-24/h4-5,7-10,15,28H,6,11-14,16H2,1-3H3,(H,25,26)(H,27,30)/t24-/m0/s1. The van der Waals surface area contributed by atoms with Gasteiger partial charge in [0, 0.05) is 19.3 Å². The van der Waals surface area contributed by atoms with Crippen molar-refractivity contribution in [2.24, 2.45) is 4.99 Å². The number of carbonyl (C=O) groups is 1. The number of hydrogen-bond donors (Lipinski definition) is 3. The van der Waals surface area contributed by atoms with Gasteiger partial charge in [-0.05, 0) is 55.7 Å². The lowest BCUT2D eigenvalue weighted by Gasteiger charge is -2.47. The summed E-state index contributed by atoms with van der Waals surface area (Å²) >= 11 is 0. The van der Waals surface area contributed by atoms with Crippen molar-refractivity contribution in [3.05, 3.63) is 48.0 Å². The van der Waals surface area contributed by atoms with E-state index < -0.39 is 5.54 Å². The number of aryl methyl sites for hydroxylation is 1. The van der Waals surface area contributed by atoms with Crippen molar-refractivity contribution in [2.75, 3.05) is 56.4 Å². The first-order valence-corrected chi connectivity index (χ1v) is 10.9. The Kier molecular flexibility index (Phi) is 6.50. The Labute approximate surface area is 189 Å². The molecule has 1 atom stereocenters.